The molecule has 0 aliphatic carbocycles. The number of pyridine rings is 1. The van der Waals surface area contributed by atoms with Gasteiger partial charge in [0.05, 0.1) is 36.7 Å². The Kier molecular flexibility index (Phi) is 5.67. The molecule has 1 unspecified atom stereocenters. The van der Waals surface area contributed by atoms with Gasteiger partial charge in [0.1, 0.15) is 11.6 Å². The van der Waals surface area contributed by atoms with Crippen molar-refractivity contribution >= 4 is 28.7 Å². The second-order valence-corrected chi connectivity index (χ2v) is 8.15. The van der Waals surface area contributed by atoms with Gasteiger partial charge in [-0.2, -0.15) is 5.10 Å². The summed E-state index contributed by atoms with van der Waals surface area (Å²) in [4.78, 5) is 28.5. The summed E-state index contributed by atoms with van der Waals surface area (Å²) in [5, 5.41) is 6.90. The smallest absolute Gasteiger partial charge is 0.314 e. The van der Waals surface area contributed by atoms with Gasteiger partial charge in [-0.3, -0.25) is 9.59 Å². The zero-order valence-electron chi connectivity index (χ0n) is 17.8. The number of amides is 2. The molecule has 33 heavy (non-hydrogen) atoms. The minimum atomic E-state index is -0.738. The van der Waals surface area contributed by atoms with Crippen LogP contribution in [0, 0.1) is 11.6 Å². The molecule has 2 aliphatic heterocycles. The molecule has 10 heteroatoms. The molecular formula is C23H23F2N5O3. The van der Waals surface area contributed by atoms with Gasteiger partial charge in [-0.1, -0.05) is 0 Å². The highest BCUT2D eigenvalue weighted by Crippen LogP contribution is 2.38. The van der Waals surface area contributed by atoms with Crippen molar-refractivity contribution in [3.05, 3.63) is 59.9 Å². The summed E-state index contributed by atoms with van der Waals surface area (Å²) in [5.74, 6) is -2.26. The van der Waals surface area contributed by atoms with Crippen molar-refractivity contribution in [1.82, 2.24) is 14.5 Å². The molecule has 2 aromatic heterocycles. The minimum absolute atomic E-state index is 0.299. The number of nitrogens with one attached hydrogen (secondary N) is 1. The first-order valence-corrected chi connectivity index (χ1v) is 10.9. The monoisotopic (exact) mass is 455 g/mol. The highest BCUT2D eigenvalue weighted by Gasteiger charge is 2.29. The van der Waals surface area contributed by atoms with E-state index in [2.05, 4.69) is 10.4 Å². The Morgan fingerprint density at radius 3 is 2.73 bits per heavy atom. The van der Waals surface area contributed by atoms with Crippen LogP contribution in [-0.4, -0.2) is 59.2 Å². The van der Waals surface area contributed by atoms with Crippen molar-refractivity contribution in [2.45, 2.75) is 18.9 Å². The topological polar surface area (TPSA) is 79.2 Å². The quantitative estimate of drug-likeness (QED) is 0.615. The maximum atomic E-state index is 14.5. The first kappa shape index (κ1) is 21.3. The number of aromatic nitrogens is 2. The molecule has 2 fully saturated rings. The second-order valence-electron chi connectivity index (χ2n) is 8.15. The lowest BCUT2D eigenvalue weighted by atomic mass is 10.0. The molecular weight excluding hydrogens is 432 g/mol. The molecule has 172 valence electrons. The number of rotatable bonds is 3. The van der Waals surface area contributed by atoms with Crippen LogP contribution in [0.2, 0.25) is 0 Å². The standard InChI is InChI=1S/C23H23F2N5O3/c24-15-3-4-18(25)17(12-15)20-2-1-6-29(20)16-5-7-30-21(13-16)19(14-26-30)27-22(31)23(32)28-8-10-33-11-9-28/h3-5,7,12-14,20H,1-2,6,8-11H2,(H,27,31). The maximum Gasteiger partial charge on any atom is 0.314 e. The van der Waals surface area contributed by atoms with Gasteiger partial charge in [-0.05, 0) is 43.2 Å². The lowest BCUT2D eigenvalue weighted by Gasteiger charge is -2.27. The predicted octanol–water partition coefficient (Wildman–Crippen LogP) is 2.75. The molecule has 0 radical (unpaired) electrons. The zero-order chi connectivity index (χ0) is 22.9. The molecule has 1 N–H and O–H groups in total. The molecule has 2 saturated heterocycles. The molecule has 1 atom stereocenters. The fourth-order valence-electron chi connectivity index (χ4n) is 4.50. The summed E-state index contributed by atoms with van der Waals surface area (Å²) in [6.45, 7) is 2.24. The fourth-order valence-corrected chi connectivity index (χ4v) is 4.50. The van der Waals surface area contributed by atoms with E-state index in [0.717, 1.165) is 24.2 Å². The SMILES string of the molecule is O=C(Nc1cnn2ccc(N3CCCC3c3cc(F)ccc3F)cc12)C(=O)N1CCOCC1. The highest BCUT2D eigenvalue weighted by molar-refractivity contribution is 6.39. The van der Waals surface area contributed by atoms with Crippen LogP contribution in [-0.2, 0) is 14.3 Å². The van der Waals surface area contributed by atoms with Gasteiger partial charge in [0.25, 0.3) is 0 Å². The van der Waals surface area contributed by atoms with E-state index in [4.69, 9.17) is 4.74 Å². The van der Waals surface area contributed by atoms with Gasteiger partial charge in [0, 0.05) is 37.1 Å². The summed E-state index contributed by atoms with van der Waals surface area (Å²) < 4.78 is 35.1. The molecule has 5 rings (SSSR count). The molecule has 3 aromatic rings. The van der Waals surface area contributed by atoms with E-state index < -0.39 is 23.4 Å². The number of carbonyl (C=O) groups excluding carboxylic acids is 2. The normalized spacial score (nSPS) is 18.7. The first-order chi connectivity index (χ1) is 16.0. The number of anilines is 2. The summed E-state index contributed by atoms with van der Waals surface area (Å²) >= 11 is 0. The van der Waals surface area contributed by atoms with E-state index >= 15 is 0 Å². The zero-order valence-corrected chi connectivity index (χ0v) is 17.8. The van der Waals surface area contributed by atoms with Crippen LogP contribution in [0.25, 0.3) is 5.52 Å². The Hall–Kier alpha value is -3.53. The Bertz CT molecular complexity index is 1210. The van der Waals surface area contributed by atoms with E-state index in [9.17, 15) is 18.4 Å². The predicted molar refractivity (Wildman–Crippen MR) is 117 cm³/mol. The number of hydrogen-bond donors (Lipinski definition) is 1. The number of halogens is 2. The molecule has 1 aromatic carbocycles. The molecule has 2 amide bonds. The Morgan fingerprint density at radius 2 is 1.91 bits per heavy atom. The van der Waals surface area contributed by atoms with Crippen molar-refractivity contribution in [2.24, 2.45) is 0 Å². The lowest BCUT2D eigenvalue weighted by Crippen LogP contribution is -2.45. The summed E-state index contributed by atoms with van der Waals surface area (Å²) in [6, 6.07) is 6.90. The number of hydrogen-bond acceptors (Lipinski definition) is 5. The molecule has 8 nitrogen and oxygen atoms in total. The van der Waals surface area contributed by atoms with Crippen LogP contribution in [0.1, 0.15) is 24.4 Å². The van der Waals surface area contributed by atoms with Crippen LogP contribution in [0.5, 0.6) is 0 Å². The molecule has 0 spiro atoms. The summed E-state index contributed by atoms with van der Waals surface area (Å²) in [7, 11) is 0. The Balaban J connectivity index is 1.40. The average Bonchev–Trinajstić information content (AvgIpc) is 3.48. The third kappa shape index (κ3) is 4.13. The van der Waals surface area contributed by atoms with Crippen molar-refractivity contribution in [3.8, 4) is 0 Å². The summed E-state index contributed by atoms with van der Waals surface area (Å²) in [5.41, 5.74) is 2.12. The number of carbonyl (C=O) groups is 2. The van der Waals surface area contributed by atoms with Crippen LogP contribution in [0.4, 0.5) is 20.2 Å². The minimum Gasteiger partial charge on any atom is -0.378 e. The molecule has 0 bridgehead atoms. The molecule has 0 saturated carbocycles. The van der Waals surface area contributed by atoms with Crippen LogP contribution < -0.4 is 10.2 Å². The Labute approximate surface area is 188 Å². The van der Waals surface area contributed by atoms with Gasteiger partial charge in [0.2, 0.25) is 0 Å². The number of benzene rings is 1. The number of ether oxygens (including phenoxy) is 1. The van der Waals surface area contributed by atoms with Crippen molar-refractivity contribution in [1.29, 1.82) is 0 Å². The maximum absolute atomic E-state index is 14.5. The van der Waals surface area contributed by atoms with Crippen LogP contribution >= 0.6 is 0 Å². The number of nitrogens with zero attached hydrogens (tertiary/aromatic N) is 4. The van der Waals surface area contributed by atoms with Crippen LogP contribution in [0.3, 0.4) is 0 Å². The van der Waals surface area contributed by atoms with Gasteiger partial charge >= 0.3 is 11.8 Å². The van der Waals surface area contributed by atoms with Gasteiger partial charge in [-0.15, -0.1) is 0 Å². The van der Waals surface area contributed by atoms with E-state index in [1.807, 2.05) is 17.0 Å². The van der Waals surface area contributed by atoms with Crippen molar-refractivity contribution in [3.63, 3.8) is 0 Å². The Morgan fingerprint density at radius 1 is 1.09 bits per heavy atom. The third-order valence-corrected chi connectivity index (χ3v) is 6.15. The first-order valence-electron chi connectivity index (χ1n) is 10.9. The van der Waals surface area contributed by atoms with Crippen molar-refractivity contribution < 1.29 is 23.1 Å². The van der Waals surface area contributed by atoms with Crippen LogP contribution in [0.15, 0.2) is 42.7 Å². The van der Waals surface area contributed by atoms with E-state index in [0.29, 0.717) is 56.0 Å². The summed E-state index contributed by atoms with van der Waals surface area (Å²) in [6.07, 6.45) is 4.75. The van der Waals surface area contributed by atoms with E-state index in [-0.39, 0.29) is 6.04 Å². The number of morpholine rings is 1. The van der Waals surface area contributed by atoms with Gasteiger partial charge < -0.3 is 19.9 Å². The van der Waals surface area contributed by atoms with Gasteiger partial charge in [0.15, 0.2) is 0 Å². The largest absolute Gasteiger partial charge is 0.378 e. The van der Waals surface area contributed by atoms with E-state index in [1.54, 1.807) is 10.7 Å². The van der Waals surface area contributed by atoms with Gasteiger partial charge in [-0.25, -0.2) is 13.3 Å². The number of fused-ring (bicyclic) bond motifs is 1. The molecule has 2 aliphatic rings. The highest BCUT2D eigenvalue weighted by atomic mass is 19.1. The van der Waals surface area contributed by atoms with E-state index in [1.165, 1.54) is 17.2 Å². The molecule has 4 heterocycles. The average molecular weight is 455 g/mol. The van der Waals surface area contributed by atoms with Crippen molar-refractivity contribution in [2.75, 3.05) is 43.1 Å². The second kappa shape index (κ2) is 8.78. The third-order valence-electron chi connectivity index (χ3n) is 6.15. The lowest BCUT2D eigenvalue weighted by molar-refractivity contribution is -0.145. The fraction of sp³-hybridized carbons (Fsp3) is 0.348.